The van der Waals surface area contributed by atoms with Gasteiger partial charge in [0.15, 0.2) is 22.8 Å². The average molecular weight is 633 g/mol. The molecule has 11 nitrogen and oxygen atoms in total. The molecule has 234 valence electrons. The molecule has 2 aliphatic carbocycles. The molecule has 3 heterocycles. The standard InChI is InChI=1S/C30H41N9O2.2ClH/c1-19(40)20-5-4-6-24(17-20)35-30(41)38-15-13-23(14-16-38)33-27-26-28(39(18-32-26)25-7-2-3-8-25)37-29(36-27)34-22-11-9-21(31)10-12-22;;/h4-6,17-18,21-23,25H,2-3,7-16,31H2,1H3,(H,35,41)(H2,33,34,36,37);2*1H. The predicted octanol–water partition coefficient (Wildman–Crippen LogP) is 5.78. The SMILES string of the molecule is CC(=O)c1cccc(NC(=O)N2CCC(Nc3nc(NC4CCC(N)CC4)nc4c3ncn4C3CCCC3)CC2)c1.Cl.Cl. The Morgan fingerprint density at radius 3 is 2.30 bits per heavy atom. The summed E-state index contributed by atoms with van der Waals surface area (Å²) in [4.78, 5) is 41.1. The van der Waals surface area contributed by atoms with Crippen LogP contribution >= 0.6 is 24.8 Å². The zero-order valence-electron chi connectivity index (χ0n) is 24.6. The number of imidazole rings is 1. The van der Waals surface area contributed by atoms with E-state index >= 15 is 0 Å². The molecule has 5 N–H and O–H groups in total. The van der Waals surface area contributed by atoms with Crippen LogP contribution in [0.2, 0.25) is 0 Å². The fourth-order valence-electron chi connectivity index (χ4n) is 6.42. The summed E-state index contributed by atoms with van der Waals surface area (Å²) in [5.41, 5.74) is 9.03. The number of likely N-dealkylation sites (tertiary alicyclic amines) is 1. The van der Waals surface area contributed by atoms with Crippen molar-refractivity contribution in [3.63, 3.8) is 0 Å². The third-order valence-corrected chi connectivity index (χ3v) is 8.89. The van der Waals surface area contributed by atoms with Gasteiger partial charge in [0.1, 0.15) is 0 Å². The number of carbonyl (C=O) groups is 2. The molecule has 2 aromatic heterocycles. The lowest BCUT2D eigenvalue weighted by atomic mass is 9.92. The summed E-state index contributed by atoms with van der Waals surface area (Å²) in [5, 5.41) is 10.2. The van der Waals surface area contributed by atoms with Crippen molar-refractivity contribution in [1.29, 1.82) is 0 Å². The minimum absolute atomic E-state index is 0. The molecule has 0 atom stereocenters. The lowest BCUT2D eigenvalue weighted by molar-refractivity contribution is 0.101. The van der Waals surface area contributed by atoms with Crippen LogP contribution in [0, 0.1) is 0 Å². The number of aromatic nitrogens is 4. The number of piperidine rings is 1. The number of nitrogens with one attached hydrogen (secondary N) is 3. The van der Waals surface area contributed by atoms with Crippen molar-refractivity contribution < 1.29 is 9.59 Å². The normalized spacial score (nSPS) is 21.1. The van der Waals surface area contributed by atoms with Crippen molar-refractivity contribution in [2.45, 2.75) is 95.3 Å². The van der Waals surface area contributed by atoms with Crippen molar-refractivity contribution in [2.24, 2.45) is 5.73 Å². The van der Waals surface area contributed by atoms with Gasteiger partial charge in [0.05, 0.1) is 6.33 Å². The third-order valence-electron chi connectivity index (χ3n) is 8.89. The Morgan fingerprint density at radius 2 is 1.60 bits per heavy atom. The summed E-state index contributed by atoms with van der Waals surface area (Å²) < 4.78 is 2.24. The van der Waals surface area contributed by atoms with E-state index in [4.69, 9.17) is 20.7 Å². The van der Waals surface area contributed by atoms with Crippen molar-refractivity contribution in [3.05, 3.63) is 36.2 Å². The van der Waals surface area contributed by atoms with Gasteiger partial charge >= 0.3 is 6.03 Å². The van der Waals surface area contributed by atoms with E-state index in [1.54, 1.807) is 24.3 Å². The number of anilines is 3. The smallest absolute Gasteiger partial charge is 0.321 e. The van der Waals surface area contributed by atoms with Crippen LogP contribution in [0.25, 0.3) is 11.2 Å². The first kappa shape index (κ1) is 32.8. The Hall–Kier alpha value is -3.15. The van der Waals surface area contributed by atoms with E-state index in [2.05, 4.69) is 20.5 Å². The van der Waals surface area contributed by atoms with Gasteiger partial charge in [-0.2, -0.15) is 9.97 Å². The molecule has 3 fully saturated rings. The zero-order chi connectivity index (χ0) is 28.3. The molecule has 0 unspecified atom stereocenters. The number of halogens is 2. The van der Waals surface area contributed by atoms with Gasteiger partial charge in [-0.05, 0) is 70.4 Å². The van der Waals surface area contributed by atoms with Gasteiger partial charge in [-0.3, -0.25) is 4.79 Å². The maximum absolute atomic E-state index is 12.9. The van der Waals surface area contributed by atoms with Crippen LogP contribution in [0.5, 0.6) is 0 Å². The number of ketones is 1. The maximum Gasteiger partial charge on any atom is 0.321 e. The summed E-state index contributed by atoms with van der Waals surface area (Å²) in [7, 11) is 0. The molecule has 3 aliphatic rings. The molecule has 1 saturated heterocycles. The van der Waals surface area contributed by atoms with Gasteiger partial charge in [0.2, 0.25) is 5.95 Å². The van der Waals surface area contributed by atoms with E-state index in [1.165, 1.54) is 19.8 Å². The first-order valence-corrected chi connectivity index (χ1v) is 15.1. The maximum atomic E-state index is 12.9. The second-order valence-electron chi connectivity index (χ2n) is 11.9. The van der Waals surface area contributed by atoms with Crippen molar-refractivity contribution in [2.75, 3.05) is 29.0 Å². The molecule has 2 saturated carbocycles. The van der Waals surface area contributed by atoms with E-state index in [0.29, 0.717) is 42.4 Å². The summed E-state index contributed by atoms with van der Waals surface area (Å²) in [5.74, 6) is 1.37. The van der Waals surface area contributed by atoms with E-state index < -0.39 is 0 Å². The second-order valence-corrected chi connectivity index (χ2v) is 11.9. The summed E-state index contributed by atoms with van der Waals surface area (Å²) in [6, 6.07) is 8.10. The molecule has 2 amide bonds. The number of nitrogens with two attached hydrogens (primary N) is 1. The largest absolute Gasteiger partial charge is 0.365 e. The Kier molecular flexibility index (Phi) is 11.1. The number of urea groups is 1. The van der Waals surface area contributed by atoms with Crippen LogP contribution in [-0.2, 0) is 0 Å². The number of hydrogen-bond donors (Lipinski definition) is 4. The van der Waals surface area contributed by atoms with Crippen LogP contribution in [0.4, 0.5) is 22.2 Å². The lowest BCUT2D eigenvalue weighted by Crippen LogP contribution is -2.44. The monoisotopic (exact) mass is 631 g/mol. The molecular weight excluding hydrogens is 589 g/mol. The highest BCUT2D eigenvalue weighted by molar-refractivity contribution is 5.96. The van der Waals surface area contributed by atoms with E-state index in [0.717, 1.165) is 68.3 Å². The molecule has 1 aromatic carbocycles. The molecular formula is C30H43Cl2N9O2. The number of hydrogen-bond acceptors (Lipinski definition) is 8. The number of carbonyl (C=O) groups excluding carboxylic acids is 2. The Bertz CT molecular complexity index is 1400. The molecule has 0 bridgehead atoms. The summed E-state index contributed by atoms with van der Waals surface area (Å²) in [6.07, 6.45) is 12.4. The second kappa shape index (κ2) is 14.5. The van der Waals surface area contributed by atoms with Crippen LogP contribution in [0.3, 0.4) is 0 Å². The van der Waals surface area contributed by atoms with Gasteiger partial charge < -0.3 is 31.2 Å². The zero-order valence-corrected chi connectivity index (χ0v) is 26.3. The number of benzene rings is 1. The molecule has 6 rings (SSSR count). The van der Waals surface area contributed by atoms with Gasteiger partial charge in [-0.1, -0.05) is 25.0 Å². The van der Waals surface area contributed by atoms with Gasteiger partial charge in [-0.15, -0.1) is 24.8 Å². The first-order chi connectivity index (χ1) is 19.9. The van der Waals surface area contributed by atoms with Gasteiger partial charge in [0.25, 0.3) is 0 Å². The Morgan fingerprint density at radius 1 is 0.907 bits per heavy atom. The van der Waals surface area contributed by atoms with Gasteiger partial charge in [-0.25, -0.2) is 9.78 Å². The van der Waals surface area contributed by atoms with E-state index in [1.807, 2.05) is 11.2 Å². The number of amides is 2. The highest BCUT2D eigenvalue weighted by atomic mass is 35.5. The lowest BCUT2D eigenvalue weighted by Gasteiger charge is -2.32. The summed E-state index contributed by atoms with van der Waals surface area (Å²) >= 11 is 0. The van der Waals surface area contributed by atoms with Crippen molar-refractivity contribution in [3.8, 4) is 0 Å². The van der Waals surface area contributed by atoms with Gasteiger partial charge in [0, 0.05) is 48.5 Å². The summed E-state index contributed by atoms with van der Waals surface area (Å²) in [6.45, 7) is 2.76. The average Bonchev–Trinajstić information content (AvgIpc) is 3.65. The quantitative estimate of drug-likeness (QED) is 0.240. The molecule has 0 spiro atoms. The van der Waals surface area contributed by atoms with Crippen LogP contribution < -0.4 is 21.7 Å². The molecule has 1 aliphatic heterocycles. The fourth-order valence-corrected chi connectivity index (χ4v) is 6.42. The first-order valence-electron chi connectivity index (χ1n) is 15.1. The van der Waals surface area contributed by atoms with E-state index in [9.17, 15) is 9.59 Å². The van der Waals surface area contributed by atoms with Crippen LogP contribution in [-0.4, -0.2) is 67.4 Å². The van der Waals surface area contributed by atoms with Crippen LogP contribution in [0.1, 0.15) is 87.5 Å². The topological polar surface area (TPSA) is 143 Å². The highest BCUT2D eigenvalue weighted by Gasteiger charge is 2.27. The van der Waals surface area contributed by atoms with E-state index in [-0.39, 0.29) is 48.7 Å². The Labute approximate surface area is 265 Å². The minimum Gasteiger partial charge on any atom is -0.365 e. The number of fused-ring (bicyclic) bond motifs is 1. The molecule has 3 aromatic rings. The Balaban J connectivity index is 0.00000212. The highest BCUT2D eigenvalue weighted by Crippen LogP contribution is 2.34. The minimum atomic E-state index is -0.150. The van der Waals surface area contributed by atoms with Crippen LogP contribution in [0.15, 0.2) is 30.6 Å². The molecule has 43 heavy (non-hydrogen) atoms. The fraction of sp³-hybridized carbons (Fsp3) is 0.567. The number of rotatable bonds is 7. The predicted molar refractivity (Wildman–Crippen MR) is 175 cm³/mol. The number of Topliss-reactive ketones (excluding diaryl/α,β-unsaturated/α-hetero) is 1. The molecule has 13 heteroatoms. The van der Waals surface area contributed by atoms with Crippen molar-refractivity contribution in [1.82, 2.24) is 24.4 Å². The third kappa shape index (κ3) is 7.69. The molecule has 0 radical (unpaired) electrons. The number of nitrogens with zero attached hydrogens (tertiary/aromatic N) is 5. The van der Waals surface area contributed by atoms with Crippen molar-refractivity contribution >= 4 is 65.2 Å².